The molecule has 0 N–H and O–H groups in total. The van der Waals surface area contributed by atoms with Gasteiger partial charge in [-0.1, -0.05) is 42.5 Å². The van der Waals surface area contributed by atoms with Crippen molar-refractivity contribution in [3.8, 4) is 16.8 Å². The van der Waals surface area contributed by atoms with Crippen LogP contribution in [0.5, 0.6) is 0 Å². The summed E-state index contributed by atoms with van der Waals surface area (Å²) < 4.78 is 4.56. The van der Waals surface area contributed by atoms with Gasteiger partial charge in [0.05, 0.1) is 22.1 Å². The lowest BCUT2D eigenvalue weighted by Gasteiger charge is -2.10. The molecule has 0 amide bonds. The first-order chi connectivity index (χ1) is 20.3. The van der Waals surface area contributed by atoms with Gasteiger partial charge in [-0.2, -0.15) is 0 Å². The van der Waals surface area contributed by atoms with E-state index in [-0.39, 0.29) is 0 Å². The number of para-hydroxylation sites is 2. The standard InChI is InChI=1S/C36H21N5/c1-2-8-22(9-3-1)40-30-12-5-4-10-24(30)33-26-18-21-19-28-27(20-25(21)23(26)14-15-31(33)40)34-32(13-7-16-37-34)41-35(28)39-29-11-6-17-38-36(29)41/h1-17,19-20H,18H2. The second kappa shape index (κ2) is 7.55. The van der Waals surface area contributed by atoms with Crippen LogP contribution >= 0.6 is 0 Å². The summed E-state index contributed by atoms with van der Waals surface area (Å²) in [4.78, 5) is 14.6. The number of aromatic nitrogens is 5. The number of nitrogens with zero attached hydrogens (tertiary/aromatic N) is 5. The molecule has 1 aliphatic rings. The molecule has 0 bridgehead atoms. The number of hydrogen-bond donors (Lipinski definition) is 0. The third-order valence-electron chi connectivity index (χ3n) is 8.80. The highest BCUT2D eigenvalue weighted by atomic mass is 15.1. The molecule has 0 saturated heterocycles. The van der Waals surface area contributed by atoms with Crippen LogP contribution in [0.4, 0.5) is 0 Å². The van der Waals surface area contributed by atoms with Gasteiger partial charge in [0.25, 0.3) is 0 Å². The van der Waals surface area contributed by atoms with E-state index < -0.39 is 0 Å². The average Bonchev–Trinajstić information content (AvgIpc) is 3.70. The Labute approximate surface area is 234 Å². The molecule has 5 heteroatoms. The minimum atomic E-state index is 0.863. The number of pyridine rings is 3. The summed E-state index contributed by atoms with van der Waals surface area (Å²) in [5, 5.41) is 4.87. The van der Waals surface area contributed by atoms with Crippen molar-refractivity contribution in [3.63, 3.8) is 0 Å². The Balaban J connectivity index is 1.31. The van der Waals surface area contributed by atoms with Crippen molar-refractivity contribution >= 4 is 60.4 Å². The van der Waals surface area contributed by atoms with E-state index in [9.17, 15) is 0 Å². The van der Waals surface area contributed by atoms with Crippen molar-refractivity contribution in [1.82, 2.24) is 23.9 Å². The number of hydrogen-bond acceptors (Lipinski definition) is 3. The predicted octanol–water partition coefficient (Wildman–Crippen LogP) is 8.25. The molecule has 41 heavy (non-hydrogen) atoms. The zero-order valence-corrected chi connectivity index (χ0v) is 21.9. The van der Waals surface area contributed by atoms with Crippen LogP contribution in [0, 0.1) is 0 Å². The van der Waals surface area contributed by atoms with Crippen molar-refractivity contribution in [1.29, 1.82) is 0 Å². The largest absolute Gasteiger partial charge is 0.309 e. The molecule has 10 rings (SSSR count). The first kappa shape index (κ1) is 21.3. The fourth-order valence-corrected chi connectivity index (χ4v) is 7.14. The van der Waals surface area contributed by atoms with Crippen LogP contribution in [0.25, 0.3) is 77.2 Å². The lowest BCUT2D eigenvalue weighted by atomic mass is 9.99. The lowest BCUT2D eigenvalue weighted by Crippen LogP contribution is -1.95. The molecule has 5 nitrogen and oxygen atoms in total. The molecule has 0 fully saturated rings. The number of rotatable bonds is 1. The molecule has 0 spiro atoms. The molecule has 190 valence electrons. The molecular formula is C36H21N5. The number of fused-ring (bicyclic) bond motifs is 15. The summed E-state index contributed by atoms with van der Waals surface area (Å²) in [5.74, 6) is 0. The van der Waals surface area contributed by atoms with Gasteiger partial charge in [-0.05, 0) is 89.3 Å². The van der Waals surface area contributed by atoms with Gasteiger partial charge in [0.15, 0.2) is 5.65 Å². The van der Waals surface area contributed by atoms with E-state index in [4.69, 9.17) is 15.0 Å². The van der Waals surface area contributed by atoms with E-state index in [0.717, 1.165) is 45.0 Å². The number of benzene rings is 4. The van der Waals surface area contributed by atoms with Gasteiger partial charge in [-0.3, -0.25) is 9.38 Å². The van der Waals surface area contributed by atoms with Gasteiger partial charge in [0.1, 0.15) is 11.2 Å². The first-order valence-corrected chi connectivity index (χ1v) is 13.9. The zero-order valence-electron chi connectivity index (χ0n) is 21.9. The molecule has 0 unspecified atom stereocenters. The van der Waals surface area contributed by atoms with Crippen molar-refractivity contribution < 1.29 is 0 Å². The Kier molecular flexibility index (Phi) is 3.92. The Morgan fingerprint density at radius 1 is 0.585 bits per heavy atom. The van der Waals surface area contributed by atoms with E-state index in [1.807, 2.05) is 30.6 Å². The molecular weight excluding hydrogens is 502 g/mol. The van der Waals surface area contributed by atoms with Gasteiger partial charge < -0.3 is 4.57 Å². The van der Waals surface area contributed by atoms with Crippen molar-refractivity contribution in [2.75, 3.05) is 0 Å². The second-order valence-electron chi connectivity index (χ2n) is 10.9. The monoisotopic (exact) mass is 523 g/mol. The van der Waals surface area contributed by atoms with Gasteiger partial charge in [0.2, 0.25) is 0 Å². The summed E-state index contributed by atoms with van der Waals surface area (Å²) in [7, 11) is 0. The highest BCUT2D eigenvalue weighted by molar-refractivity contribution is 6.16. The SMILES string of the molecule is c1ccc(-n2c3ccccc3c3c4c(ccc32)-c2cc3c(cc2C4)c2nc4cccnc4n2c2cccnc32)cc1. The van der Waals surface area contributed by atoms with E-state index >= 15 is 0 Å². The van der Waals surface area contributed by atoms with Crippen LogP contribution in [-0.4, -0.2) is 23.9 Å². The van der Waals surface area contributed by atoms with E-state index in [2.05, 4.69) is 93.9 Å². The normalized spacial score (nSPS) is 12.8. The fourth-order valence-electron chi connectivity index (χ4n) is 7.14. The minimum absolute atomic E-state index is 0.863. The molecule has 5 heterocycles. The molecule has 5 aromatic heterocycles. The quantitative estimate of drug-likeness (QED) is 0.204. The van der Waals surface area contributed by atoms with Crippen LogP contribution < -0.4 is 0 Å². The lowest BCUT2D eigenvalue weighted by molar-refractivity contribution is 1.18. The Hall–Kier alpha value is -5.55. The summed E-state index contributed by atoms with van der Waals surface area (Å²) in [6.07, 6.45) is 4.59. The first-order valence-electron chi connectivity index (χ1n) is 13.9. The topological polar surface area (TPSA) is 48.0 Å². The van der Waals surface area contributed by atoms with Gasteiger partial charge in [0, 0.05) is 39.6 Å². The molecule has 1 aliphatic carbocycles. The zero-order chi connectivity index (χ0) is 26.7. The van der Waals surface area contributed by atoms with E-state index in [0.29, 0.717) is 0 Å². The predicted molar refractivity (Wildman–Crippen MR) is 166 cm³/mol. The molecule has 9 aromatic rings. The van der Waals surface area contributed by atoms with Crippen molar-refractivity contribution in [2.24, 2.45) is 0 Å². The average molecular weight is 524 g/mol. The molecule has 4 aromatic carbocycles. The molecule has 0 saturated carbocycles. The van der Waals surface area contributed by atoms with E-state index in [1.54, 1.807) is 0 Å². The van der Waals surface area contributed by atoms with Crippen LogP contribution in [0.3, 0.4) is 0 Å². The Bertz CT molecular complexity index is 2550. The van der Waals surface area contributed by atoms with Crippen LogP contribution in [0.1, 0.15) is 11.1 Å². The highest BCUT2D eigenvalue weighted by Crippen LogP contribution is 2.46. The summed E-state index contributed by atoms with van der Waals surface area (Å²) in [6.45, 7) is 0. The van der Waals surface area contributed by atoms with Crippen LogP contribution in [0.15, 0.2) is 116 Å². The molecule has 0 radical (unpaired) electrons. The Morgan fingerprint density at radius 2 is 1.41 bits per heavy atom. The summed E-state index contributed by atoms with van der Waals surface area (Å²) in [5.41, 5.74) is 13.7. The van der Waals surface area contributed by atoms with Crippen LogP contribution in [-0.2, 0) is 6.42 Å². The maximum Gasteiger partial charge on any atom is 0.165 e. The summed E-state index contributed by atoms with van der Waals surface area (Å²) >= 11 is 0. The highest BCUT2D eigenvalue weighted by Gasteiger charge is 2.26. The maximum atomic E-state index is 5.07. The van der Waals surface area contributed by atoms with E-state index in [1.165, 1.54) is 49.7 Å². The third kappa shape index (κ3) is 2.68. The van der Waals surface area contributed by atoms with Crippen molar-refractivity contribution in [2.45, 2.75) is 6.42 Å². The summed E-state index contributed by atoms with van der Waals surface area (Å²) in [6, 6.07) is 36.9. The van der Waals surface area contributed by atoms with Crippen LogP contribution in [0.2, 0.25) is 0 Å². The minimum Gasteiger partial charge on any atom is -0.309 e. The smallest absolute Gasteiger partial charge is 0.165 e. The van der Waals surface area contributed by atoms with Crippen molar-refractivity contribution in [3.05, 3.63) is 127 Å². The molecule has 0 aliphatic heterocycles. The molecule has 0 atom stereocenters. The fraction of sp³-hybridized carbons (Fsp3) is 0.0278. The third-order valence-corrected chi connectivity index (χ3v) is 8.80. The second-order valence-corrected chi connectivity index (χ2v) is 10.9. The Morgan fingerprint density at radius 3 is 2.37 bits per heavy atom. The van der Waals surface area contributed by atoms with Gasteiger partial charge in [-0.15, -0.1) is 0 Å². The maximum absolute atomic E-state index is 5.07. The number of imidazole rings is 1. The van der Waals surface area contributed by atoms with Gasteiger partial charge >= 0.3 is 0 Å². The van der Waals surface area contributed by atoms with Gasteiger partial charge in [-0.25, -0.2) is 9.97 Å².